The molecule has 0 fully saturated rings. The van der Waals surface area contributed by atoms with Crippen LogP contribution in [-0.4, -0.2) is 16.1 Å². The standard InChI is InChI=1S/C11H7N3O4S2/c15-13(16)8-3-4-11(10(6-8)14(17)18)20-12-7-9-2-1-5-19-9/h1-7H/b12-7+. The van der Waals surface area contributed by atoms with E-state index in [2.05, 4.69) is 4.40 Å². The Hall–Kier alpha value is -2.26. The fourth-order valence-electron chi connectivity index (χ4n) is 1.34. The molecule has 1 aromatic carbocycles. The number of nitro benzene ring substituents is 2. The third-order valence-corrected chi connectivity index (χ3v) is 3.78. The second-order valence-corrected chi connectivity index (χ2v) is 5.32. The van der Waals surface area contributed by atoms with Gasteiger partial charge in [0.25, 0.3) is 11.4 Å². The molecule has 7 nitrogen and oxygen atoms in total. The first-order valence-corrected chi connectivity index (χ1v) is 6.90. The zero-order chi connectivity index (χ0) is 14.5. The minimum absolute atomic E-state index is 0.258. The van der Waals surface area contributed by atoms with Crippen LogP contribution in [0.15, 0.2) is 45.0 Å². The fourth-order valence-corrected chi connectivity index (χ4v) is 2.63. The number of hydrogen-bond donors (Lipinski definition) is 0. The van der Waals surface area contributed by atoms with E-state index < -0.39 is 9.85 Å². The van der Waals surface area contributed by atoms with Crippen molar-refractivity contribution in [1.29, 1.82) is 0 Å². The van der Waals surface area contributed by atoms with Crippen molar-refractivity contribution in [3.8, 4) is 0 Å². The van der Waals surface area contributed by atoms with Gasteiger partial charge in [0.2, 0.25) is 0 Å². The molecule has 0 unspecified atom stereocenters. The summed E-state index contributed by atoms with van der Waals surface area (Å²) in [5.41, 5.74) is -0.643. The Morgan fingerprint density at radius 2 is 2.00 bits per heavy atom. The maximum atomic E-state index is 10.9. The Morgan fingerprint density at radius 1 is 1.20 bits per heavy atom. The first-order chi connectivity index (χ1) is 9.58. The van der Waals surface area contributed by atoms with E-state index in [9.17, 15) is 20.2 Å². The van der Waals surface area contributed by atoms with Crippen molar-refractivity contribution in [3.63, 3.8) is 0 Å². The van der Waals surface area contributed by atoms with Crippen LogP contribution < -0.4 is 0 Å². The molecule has 102 valence electrons. The summed E-state index contributed by atoms with van der Waals surface area (Å²) in [6.07, 6.45) is 1.58. The molecule has 0 aliphatic carbocycles. The number of nitro groups is 2. The molecule has 0 atom stereocenters. The van der Waals surface area contributed by atoms with Gasteiger partial charge in [-0.15, -0.1) is 11.3 Å². The van der Waals surface area contributed by atoms with Crippen molar-refractivity contribution in [2.24, 2.45) is 4.40 Å². The van der Waals surface area contributed by atoms with Gasteiger partial charge in [0, 0.05) is 22.9 Å². The fraction of sp³-hybridized carbons (Fsp3) is 0. The monoisotopic (exact) mass is 309 g/mol. The molecule has 0 aliphatic rings. The normalized spacial score (nSPS) is 10.8. The van der Waals surface area contributed by atoms with Crippen molar-refractivity contribution < 1.29 is 9.85 Å². The molecule has 0 saturated heterocycles. The lowest BCUT2D eigenvalue weighted by molar-refractivity contribution is -0.396. The highest BCUT2D eigenvalue weighted by Gasteiger charge is 2.19. The van der Waals surface area contributed by atoms with Gasteiger partial charge >= 0.3 is 0 Å². The van der Waals surface area contributed by atoms with Gasteiger partial charge in [-0.25, -0.2) is 4.40 Å². The van der Waals surface area contributed by atoms with Gasteiger partial charge in [-0.05, 0) is 17.5 Å². The van der Waals surface area contributed by atoms with Gasteiger partial charge in [-0.2, -0.15) is 0 Å². The second kappa shape index (κ2) is 6.26. The summed E-state index contributed by atoms with van der Waals surface area (Å²) in [6.45, 7) is 0. The van der Waals surface area contributed by atoms with E-state index in [1.807, 2.05) is 17.5 Å². The highest BCUT2D eigenvalue weighted by Crippen LogP contribution is 2.33. The minimum Gasteiger partial charge on any atom is -0.258 e. The molecular weight excluding hydrogens is 302 g/mol. The highest BCUT2D eigenvalue weighted by molar-refractivity contribution is 7.98. The van der Waals surface area contributed by atoms with Crippen LogP contribution in [-0.2, 0) is 0 Å². The zero-order valence-corrected chi connectivity index (χ0v) is 11.5. The number of nitrogens with zero attached hydrogens (tertiary/aromatic N) is 3. The molecule has 1 aromatic heterocycles. The third kappa shape index (κ3) is 3.39. The molecule has 2 rings (SSSR count). The summed E-state index contributed by atoms with van der Waals surface area (Å²) < 4.78 is 4.03. The van der Waals surface area contributed by atoms with Gasteiger partial charge in [0.1, 0.15) is 4.90 Å². The molecule has 0 spiro atoms. The Labute approximate surface area is 121 Å². The summed E-state index contributed by atoms with van der Waals surface area (Å²) in [4.78, 5) is 21.4. The molecule has 0 aliphatic heterocycles. The van der Waals surface area contributed by atoms with E-state index in [0.717, 1.165) is 22.9 Å². The summed E-state index contributed by atoms with van der Waals surface area (Å²) in [7, 11) is 0. The number of non-ortho nitro benzene ring substituents is 1. The number of benzene rings is 1. The van der Waals surface area contributed by atoms with E-state index in [4.69, 9.17) is 0 Å². The predicted octanol–water partition coefficient (Wildman–Crippen LogP) is 3.69. The van der Waals surface area contributed by atoms with Crippen LogP contribution in [0.2, 0.25) is 0 Å². The summed E-state index contributed by atoms with van der Waals surface area (Å²) in [6, 6.07) is 7.20. The average molecular weight is 309 g/mol. The van der Waals surface area contributed by atoms with Crippen molar-refractivity contribution in [2.45, 2.75) is 4.90 Å². The van der Waals surface area contributed by atoms with E-state index in [1.54, 1.807) is 6.21 Å². The summed E-state index contributed by atoms with van der Waals surface area (Å²) in [5.74, 6) is 0. The van der Waals surface area contributed by atoms with Crippen molar-refractivity contribution >= 4 is 40.9 Å². The van der Waals surface area contributed by atoms with E-state index >= 15 is 0 Å². The first-order valence-electron chi connectivity index (χ1n) is 5.24. The lowest BCUT2D eigenvalue weighted by Crippen LogP contribution is -1.94. The topological polar surface area (TPSA) is 98.6 Å². The largest absolute Gasteiger partial charge is 0.291 e. The van der Waals surface area contributed by atoms with Crippen molar-refractivity contribution in [3.05, 3.63) is 60.8 Å². The first kappa shape index (κ1) is 14.2. The predicted molar refractivity (Wildman–Crippen MR) is 77.5 cm³/mol. The van der Waals surface area contributed by atoms with E-state index in [-0.39, 0.29) is 16.3 Å². The maximum absolute atomic E-state index is 10.9. The highest BCUT2D eigenvalue weighted by atomic mass is 32.2. The minimum atomic E-state index is -0.670. The van der Waals surface area contributed by atoms with Crippen LogP contribution >= 0.6 is 23.3 Å². The molecule has 0 N–H and O–H groups in total. The van der Waals surface area contributed by atoms with Crippen molar-refractivity contribution in [2.75, 3.05) is 0 Å². The lowest BCUT2D eigenvalue weighted by Gasteiger charge is -1.98. The van der Waals surface area contributed by atoms with E-state index in [0.29, 0.717) is 0 Å². The van der Waals surface area contributed by atoms with Gasteiger partial charge < -0.3 is 0 Å². The number of thiophene rings is 1. The van der Waals surface area contributed by atoms with Crippen LogP contribution in [0.5, 0.6) is 0 Å². The van der Waals surface area contributed by atoms with E-state index in [1.165, 1.54) is 23.5 Å². The number of rotatable bonds is 5. The Balaban J connectivity index is 2.22. The van der Waals surface area contributed by atoms with Crippen LogP contribution in [0, 0.1) is 20.2 Å². The van der Waals surface area contributed by atoms with Gasteiger partial charge in [0.05, 0.1) is 22.1 Å². The van der Waals surface area contributed by atoms with Crippen LogP contribution in [0.3, 0.4) is 0 Å². The SMILES string of the molecule is O=[N+]([O-])c1ccc(S/N=C/c2cccs2)c([N+](=O)[O-])c1. The van der Waals surface area contributed by atoms with Crippen LogP contribution in [0.1, 0.15) is 4.88 Å². The van der Waals surface area contributed by atoms with Gasteiger partial charge in [0.15, 0.2) is 0 Å². The third-order valence-electron chi connectivity index (χ3n) is 2.22. The smallest absolute Gasteiger partial charge is 0.258 e. The summed E-state index contributed by atoms with van der Waals surface area (Å²) in [5, 5.41) is 23.4. The summed E-state index contributed by atoms with van der Waals surface area (Å²) >= 11 is 2.39. The van der Waals surface area contributed by atoms with Crippen LogP contribution in [0.25, 0.3) is 0 Å². The lowest BCUT2D eigenvalue weighted by atomic mass is 10.3. The molecule has 20 heavy (non-hydrogen) atoms. The number of hydrogen-bond acceptors (Lipinski definition) is 7. The average Bonchev–Trinajstić information content (AvgIpc) is 2.91. The van der Waals surface area contributed by atoms with Crippen molar-refractivity contribution in [1.82, 2.24) is 0 Å². The molecular formula is C11H7N3O4S2. The molecule has 0 bridgehead atoms. The Morgan fingerprint density at radius 3 is 2.60 bits per heavy atom. The Kier molecular flexibility index (Phi) is 4.43. The maximum Gasteiger partial charge on any atom is 0.291 e. The molecule has 0 saturated carbocycles. The molecule has 0 radical (unpaired) electrons. The second-order valence-electron chi connectivity index (χ2n) is 3.51. The molecule has 9 heteroatoms. The molecule has 2 aromatic rings. The van der Waals surface area contributed by atoms with Gasteiger partial charge in [-0.1, -0.05) is 6.07 Å². The molecule has 1 heterocycles. The zero-order valence-electron chi connectivity index (χ0n) is 9.83. The Bertz CT molecular complexity index is 670. The van der Waals surface area contributed by atoms with Crippen LogP contribution in [0.4, 0.5) is 11.4 Å². The van der Waals surface area contributed by atoms with Gasteiger partial charge in [-0.3, -0.25) is 20.2 Å². The molecule has 0 amide bonds. The quantitative estimate of drug-likeness (QED) is 0.363.